The quantitative estimate of drug-likeness (QED) is 0.134. The van der Waals surface area contributed by atoms with Crippen LogP contribution >= 0.6 is 0 Å². The molecule has 3 fully saturated rings. The van der Waals surface area contributed by atoms with Crippen molar-refractivity contribution >= 4 is 29.2 Å². The molecule has 1 amide bonds. The van der Waals surface area contributed by atoms with E-state index in [-0.39, 0.29) is 74.1 Å². The molecule has 0 unspecified atom stereocenters. The minimum Gasteiger partial charge on any atom is -0.460 e. The standard InChI is InChI=1S/C53H83NO14/c1-32-16-12-11-13-17-33(2)44(63-8)30-40-21-19-38(7)53(62,68-40)50(59)51(60)54-23-15-14-18-41(54)52(61)67-45(35(4)28-39-20-22-43(66-25-24-55)46(29-39)64-9)31-42(56)34(3)27-37(6)48(58)49(65-10)47(57)36(5)26-32/h11-13,16-17,27,32,34-36,38-41,43-46,48-49,55,58,62H,14-15,18-26,28-31H2,1-10H3/b13-11-,16-12-,33-17-,37-27-/t32-,34-,35-,36-,38-,39+,40+,41+,43-,44+,45+,46-,48-,49+,53-/m1/s1. The molecular weight excluding hydrogens is 875 g/mol. The molecule has 15 heteroatoms. The van der Waals surface area contributed by atoms with Gasteiger partial charge in [-0.05, 0) is 107 Å². The molecule has 4 aliphatic rings. The number of aliphatic hydroxyl groups excluding tert-OH is 2. The second-order valence-electron chi connectivity index (χ2n) is 20.2. The Kier molecular flexibility index (Phi) is 22.9. The summed E-state index contributed by atoms with van der Waals surface area (Å²) in [6.45, 7) is 12.9. The molecule has 4 rings (SSSR count). The van der Waals surface area contributed by atoms with Crippen LogP contribution in [0.4, 0.5) is 0 Å². The monoisotopic (exact) mass is 958 g/mol. The number of nitrogens with zero attached hydrogens (tertiary/aromatic N) is 1. The first-order chi connectivity index (χ1) is 32.3. The highest BCUT2D eigenvalue weighted by molar-refractivity contribution is 6.39. The molecular formula is C53H83NO14. The topological polar surface area (TPSA) is 205 Å². The van der Waals surface area contributed by atoms with E-state index >= 15 is 0 Å². The number of amides is 1. The Hall–Kier alpha value is -3.41. The van der Waals surface area contributed by atoms with Crippen molar-refractivity contribution in [3.63, 3.8) is 0 Å². The molecule has 15 nitrogen and oxygen atoms in total. The zero-order chi connectivity index (χ0) is 50.3. The summed E-state index contributed by atoms with van der Waals surface area (Å²) in [5.74, 6) is -7.96. The van der Waals surface area contributed by atoms with Crippen LogP contribution in [0.5, 0.6) is 0 Å². The van der Waals surface area contributed by atoms with Crippen molar-refractivity contribution in [3.05, 3.63) is 47.6 Å². The first-order valence-electron chi connectivity index (χ1n) is 25.0. The van der Waals surface area contributed by atoms with Gasteiger partial charge in [-0.25, -0.2) is 4.79 Å². The number of carbonyl (C=O) groups excluding carboxylic acids is 5. The van der Waals surface area contributed by atoms with Crippen LogP contribution in [0.25, 0.3) is 0 Å². The molecule has 15 atom stereocenters. The van der Waals surface area contributed by atoms with Gasteiger partial charge in [0.1, 0.15) is 30.1 Å². The van der Waals surface area contributed by atoms with Gasteiger partial charge in [-0.2, -0.15) is 0 Å². The van der Waals surface area contributed by atoms with Crippen LogP contribution in [-0.2, 0) is 52.4 Å². The predicted molar refractivity (Wildman–Crippen MR) is 256 cm³/mol. The molecule has 3 heterocycles. The lowest BCUT2D eigenvalue weighted by Crippen LogP contribution is -2.61. The Balaban J connectivity index is 1.70. The summed E-state index contributed by atoms with van der Waals surface area (Å²) in [5, 5.41) is 32.8. The summed E-state index contributed by atoms with van der Waals surface area (Å²) in [5.41, 5.74) is 1.26. The minimum atomic E-state index is -2.43. The number of hydrogen-bond donors (Lipinski definition) is 3. The van der Waals surface area contributed by atoms with Gasteiger partial charge in [-0.15, -0.1) is 0 Å². The highest BCUT2D eigenvalue weighted by Gasteiger charge is 2.53. The smallest absolute Gasteiger partial charge is 0.329 e. The number of ketones is 3. The van der Waals surface area contributed by atoms with Gasteiger partial charge in [0.15, 0.2) is 5.78 Å². The number of hydrogen-bond acceptors (Lipinski definition) is 14. The van der Waals surface area contributed by atoms with Gasteiger partial charge in [0.05, 0.1) is 37.6 Å². The first kappa shape index (κ1) is 57.2. The molecule has 0 aromatic rings. The van der Waals surface area contributed by atoms with Gasteiger partial charge in [-0.1, -0.05) is 71.1 Å². The Morgan fingerprint density at radius 2 is 1.59 bits per heavy atom. The Morgan fingerprint density at radius 1 is 0.853 bits per heavy atom. The highest BCUT2D eigenvalue weighted by Crippen LogP contribution is 2.38. The zero-order valence-electron chi connectivity index (χ0n) is 42.4. The number of ether oxygens (including phenoxy) is 6. The minimum absolute atomic E-state index is 0.0158. The fourth-order valence-corrected chi connectivity index (χ4v) is 10.5. The number of esters is 1. The summed E-state index contributed by atoms with van der Waals surface area (Å²) in [4.78, 5) is 72.1. The molecule has 384 valence electrons. The van der Waals surface area contributed by atoms with E-state index in [1.807, 2.05) is 58.1 Å². The lowest BCUT2D eigenvalue weighted by atomic mass is 9.78. The van der Waals surface area contributed by atoms with Crippen LogP contribution < -0.4 is 0 Å². The van der Waals surface area contributed by atoms with Crippen LogP contribution in [0.15, 0.2) is 47.6 Å². The van der Waals surface area contributed by atoms with Crippen molar-refractivity contribution in [2.24, 2.45) is 35.5 Å². The van der Waals surface area contributed by atoms with Gasteiger partial charge in [0.25, 0.3) is 11.7 Å². The average molecular weight is 958 g/mol. The van der Waals surface area contributed by atoms with Crippen molar-refractivity contribution < 1.29 is 67.7 Å². The Labute approximate surface area is 405 Å². The fourth-order valence-electron chi connectivity index (χ4n) is 10.5. The Morgan fingerprint density at radius 3 is 2.26 bits per heavy atom. The molecule has 3 N–H and O–H groups in total. The maximum atomic E-state index is 14.5. The van der Waals surface area contributed by atoms with E-state index in [9.17, 15) is 39.3 Å². The summed E-state index contributed by atoms with van der Waals surface area (Å²) in [7, 11) is 4.58. The van der Waals surface area contributed by atoms with Crippen molar-refractivity contribution in [2.45, 2.75) is 180 Å². The molecule has 2 saturated heterocycles. The van der Waals surface area contributed by atoms with E-state index < -0.39 is 77.8 Å². The van der Waals surface area contributed by atoms with Crippen molar-refractivity contribution in [2.75, 3.05) is 41.1 Å². The summed E-state index contributed by atoms with van der Waals surface area (Å²) < 4.78 is 35.6. The maximum absolute atomic E-state index is 14.5. The van der Waals surface area contributed by atoms with Crippen LogP contribution in [-0.4, -0.2) is 145 Å². The third kappa shape index (κ3) is 15.3. The molecule has 0 aromatic carbocycles. The van der Waals surface area contributed by atoms with Gasteiger partial charge in [0.2, 0.25) is 5.79 Å². The number of Topliss-reactive ketones (excluding diaryl/α,β-unsaturated/α-hetero) is 3. The number of allylic oxidation sites excluding steroid dienone is 6. The second kappa shape index (κ2) is 27.3. The molecule has 0 spiro atoms. The first-order valence-corrected chi connectivity index (χ1v) is 25.0. The lowest BCUT2D eigenvalue weighted by Gasteiger charge is -2.42. The third-order valence-electron chi connectivity index (χ3n) is 14.9. The van der Waals surface area contributed by atoms with Crippen molar-refractivity contribution in [1.29, 1.82) is 0 Å². The van der Waals surface area contributed by atoms with E-state index in [1.54, 1.807) is 41.1 Å². The second-order valence-corrected chi connectivity index (χ2v) is 20.2. The zero-order valence-corrected chi connectivity index (χ0v) is 42.4. The van der Waals surface area contributed by atoms with E-state index in [2.05, 4.69) is 0 Å². The molecule has 2 bridgehead atoms. The van der Waals surface area contributed by atoms with Gasteiger partial charge < -0.3 is 48.6 Å². The molecule has 1 saturated carbocycles. The molecule has 3 aliphatic heterocycles. The summed E-state index contributed by atoms with van der Waals surface area (Å²) in [6.07, 6.45) is 12.0. The van der Waals surface area contributed by atoms with Crippen LogP contribution in [0.2, 0.25) is 0 Å². The summed E-state index contributed by atoms with van der Waals surface area (Å²) in [6, 6.07) is -1.14. The van der Waals surface area contributed by atoms with Crippen molar-refractivity contribution in [1.82, 2.24) is 4.90 Å². The molecule has 0 radical (unpaired) electrons. The van der Waals surface area contributed by atoms with Gasteiger partial charge in [0, 0.05) is 58.5 Å². The lowest BCUT2D eigenvalue weighted by molar-refractivity contribution is -0.265. The number of fused-ring (bicyclic) bond motifs is 3. The predicted octanol–water partition coefficient (Wildman–Crippen LogP) is 6.20. The number of methoxy groups -OCH3 is 3. The normalized spacial score (nSPS) is 39.2. The van der Waals surface area contributed by atoms with Crippen molar-refractivity contribution in [3.8, 4) is 0 Å². The van der Waals surface area contributed by atoms with Crippen LogP contribution in [0.3, 0.4) is 0 Å². The molecule has 0 aromatic heterocycles. The Bertz CT molecular complexity index is 1810. The number of carbonyl (C=O) groups is 5. The highest BCUT2D eigenvalue weighted by atomic mass is 16.6. The van der Waals surface area contributed by atoms with Crippen LogP contribution in [0.1, 0.15) is 126 Å². The summed E-state index contributed by atoms with van der Waals surface area (Å²) >= 11 is 0. The van der Waals surface area contributed by atoms with Crippen LogP contribution in [0, 0.1) is 35.5 Å². The van der Waals surface area contributed by atoms with Gasteiger partial charge in [-0.3, -0.25) is 19.2 Å². The largest absolute Gasteiger partial charge is 0.460 e. The maximum Gasteiger partial charge on any atom is 0.329 e. The van der Waals surface area contributed by atoms with E-state index in [0.717, 1.165) is 12.0 Å². The van der Waals surface area contributed by atoms with E-state index in [4.69, 9.17) is 28.4 Å². The number of rotatable bonds is 9. The van der Waals surface area contributed by atoms with E-state index in [0.29, 0.717) is 63.4 Å². The average Bonchev–Trinajstić information content (AvgIpc) is 3.32. The number of cyclic esters (lactones) is 1. The van der Waals surface area contributed by atoms with E-state index in [1.165, 1.54) is 12.0 Å². The fraction of sp³-hybridized carbons (Fsp3) is 0.755. The van der Waals surface area contributed by atoms with Gasteiger partial charge >= 0.3 is 5.97 Å². The third-order valence-corrected chi connectivity index (χ3v) is 14.9. The molecule has 68 heavy (non-hydrogen) atoms. The molecule has 1 aliphatic carbocycles. The SMILES string of the molecule is CO[C@H]1C[C@@H]2CC[C@@H](C)[C@@](O)(O2)C(=O)C(=O)N2CCCC[C@H]2C(=O)O[C@H]([C@H](C)C[C@@H]2CC[C@@H](OCCO)[C@H](OC)C2)CC(=O)[C@H](C)/C=C(/C)[C@@H](O)[C@@H](OC)C(=O)[C@H](C)C[C@H](C)\C=C/C=C\C=C/1C. The number of piperidine rings is 1. The number of aliphatic hydroxyl groups is 3.